The fourth-order valence-electron chi connectivity index (χ4n) is 0.773. The lowest BCUT2D eigenvalue weighted by Gasteiger charge is -2.02. The van der Waals surface area contributed by atoms with E-state index in [0.717, 1.165) is 0 Å². The van der Waals surface area contributed by atoms with E-state index in [4.69, 9.17) is 13.6 Å². The van der Waals surface area contributed by atoms with Gasteiger partial charge in [0.2, 0.25) is 0 Å². The first-order valence-corrected chi connectivity index (χ1v) is 3.25. The first kappa shape index (κ1) is 8.58. The molecule has 0 spiro atoms. The molecule has 0 fully saturated rings. The zero-order valence-electron chi connectivity index (χ0n) is 6.57. The number of carbonyl (C=O) groups excluding carboxylic acids is 1. The monoisotopic (exact) mass is 162 g/mol. The highest BCUT2D eigenvalue weighted by molar-refractivity contribution is 6.30. The highest BCUT2D eigenvalue weighted by Crippen LogP contribution is 2.06. The number of methoxy groups -OCH3 is 1. The smallest absolute Gasteiger partial charge is 0.341 e. The Bertz CT molecular complexity index is 314. The Labute approximate surface area is 71.1 Å². The molecular weight excluding hydrogens is 155 g/mol. The molecule has 0 aliphatic carbocycles. The zero-order chi connectivity index (χ0) is 9.14. The lowest BCUT2D eigenvalue weighted by atomic mass is 10.0. The number of nitrogens with zero attached hydrogens (tertiary/aromatic N) is 1. The summed E-state index contributed by atoms with van der Waals surface area (Å²) in [6, 6.07) is 2.96. The number of ether oxygens (including phenoxy) is 1. The Morgan fingerprint density at radius 1 is 1.67 bits per heavy atom. The summed E-state index contributed by atoms with van der Waals surface area (Å²) in [5, 5.41) is 0. The Balaban J connectivity index is 3.09. The van der Waals surface area contributed by atoms with Crippen LogP contribution in [0.3, 0.4) is 0 Å². The third-order valence-corrected chi connectivity index (χ3v) is 1.35. The van der Waals surface area contributed by atoms with Gasteiger partial charge in [-0.3, -0.25) is 0 Å². The Morgan fingerprint density at radius 2 is 2.33 bits per heavy atom. The van der Waals surface area contributed by atoms with Crippen molar-refractivity contribution in [2.24, 2.45) is 0 Å². The molecule has 0 atom stereocenters. The molecule has 0 saturated carbocycles. The maximum atomic E-state index is 11.0. The summed E-state index contributed by atoms with van der Waals surface area (Å²) < 4.78 is 4.46. The fourth-order valence-corrected chi connectivity index (χ4v) is 0.773. The standard InChI is InChI=1S/C7H7BN2O2/c1-12-7(11)4-2-3-5(8)10-6(4)9/h2-3H,1H3,(H2,9,10). The predicted molar refractivity (Wildman–Crippen MR) is 45.4 cm³/mol. The second-order valence-corrected chi connectivity index (χ2v) is 2.16. The van der Waals surface area contributed by atoms with E-state index in [2.05, 4.69) is 9.72 Å². The molecule has 0 bridgehead atoms. The van der Waals surface area contributed by atoms with Crippen LogP contribution in [0.2, 0.25) is 0 Å². The van der Waals surface area contributed by atoms with Crippen LogP contribution < -0.4 is 11.3 Å². The minimum absolute atomic E-state index is 0.0850. The zero-order valence-corrected chi connectivity index (χ0v) is 6.57. The minimum Gasteiger partial charge on any atom is -0.465 e. The molecule has 0 aliphatic rings. The van der Waals surface area contributed by atoms with Crippen molar-refractivity contribution in [3.63, 3.8) is 0 Å². The molecule has 1 aromatic heterocycles. The van der Waals surface area contributed by atoms with Crippen molar-refractivity contribution in [2.45, 2.75) is 0 Å². The van der Waals surface area contributed by atoms with Crippen LogP contribution in [0.4, 0.5) is 5.82 Å². The molecule has 5 heteroatoms. The Hall–Kier alpha value is -1.52. The molecule has 0 unspecified atom stereocenters. The maximum absolute atomic E-state index is 11.0. The van der Waals surface area contributed by atoms with Gasteiger partial charge >= 0.3 is 5.97 Å². The summed E-state index contributed by atoms with van der Waals surface area (Å²) in [6.45, 7) is 0. The first-order chi connectivity index (χ1) is 5.65. The lowest BCUT2D eigenvalue weighted by molar-refractivity contribution is 0.0601. The van der Waals surface area contributed by atoms with Crippen molar-refractivity contribution < 1.29 is 9.53 Å². The van der Waals surface area contributed by atoms with Crippen LogP contribution in [-0.4, -0.2) is 25.9 Å². The van der Waals surface area contributed by atoms with Crippen LogP contribution in [0.25, 0.3) is 0 Å². The lowest BCUT2D eigenvalue weighted by Crippen LogP contribution is -2.15. The third-order valence-electron chi connectivity index (χ3n) is 1.35. The normalized spacial score (nSPS) is 9.42. The number of anilines is 1. The molecule has 60 valence electrons. The number of esters is 1. The molecule has 12 heavy (non-hydrogen) atoms. The van der Waals surface area contributed by atoms with Crippen molar-refractivity contribution >= 4 is 25.2 Å². The second kappa shape index (κ2) is 3.25. The maximum Gasteiger partial charge on any atom is 0.341 e. The average molecular weight is 162 g/mol. The first-order valence-electron chi connectivity index (χ1n) is 3.25. The van der Waals surface area contributed by atoms with E-state index in [0.29, 0.717) is 0 Å². The second-order valence-electron chi connectivity index (χ2n) is 2.16. The van der Waals surface area contributed by atoms with Crippen molar-refractivity contribution in [3.8, 4) is 0 Å². The van der Waals surface area contributed by atoms with E-state index in [1.165, 1.54) is 19.2 Å². The molecule has 0 amide bonds. The van der Waals surface area contributed by atoms with Crippen molar-refractivity contribution in [1.82, 2.24) is 4.98 Å². The highest BCUT2D eigenvalue weighted by Gasteiger charge is 2.09. The van der Waals surface area contributed by atoms with Gasteiger partial charge in [0.05, 0.1) is 7.11 Å². The summed E-state index contributed by atoms with van der Waals surface area (Å²) in [5.41, 5.74) is 5.91. The van der Waals surface area contributed by atoms with E-state index in [9.17, 15) is 4.79 Å². The number of nitrogen functional groups attached to an aromatic ring is 1. The number of aromatic nitrogens is 1. The van der Waals surface area contributed by atoms with E-state index in [1.54, 1.807) is 0 Å². The Kier molecular flexibility index (Phi) is 2.33. The molecule has 1 heterocycles. The van der Waals surface area contributed by atoms with Crippen molar-refractivity contribution in [1.29, 1.82) is 0 Å². The van der Waals surface area contributed by atoms with Gasteiger partial charge in [-0.2, -0.15) is 0 Å². The van der Waals surface area contributed by atoms with Gasteiger partial charge in [-0.05, 0) is 11.7 Å². The van der Waals surface area contributed by atoms with Crippen molar-refractivity contribution in [2.75, 3.05) is 12.8 Å². The average Bonchev–Trinajstić information content (AvgIpc) is 2.03. The number of hydrogen-bond donors (Lipinski definition) is 1. The molecule has 0 aromatic carbocycles. The number of hydrogen-bond acceptors (Lipinski definition) is 4. The van der Waals surface area contributed by atoms with Gasteiger partial charge in [0.1, 0.15) is 19.2 Å². The number of nitrogens with two attached hydrogens (primary N) is 1. The summed E-state index contributed by atoms with van der Waals surface area (Å²) in [7, 11) is 6.60. The van der Waals surface area contributed by atoms with Crippen LogP contribution >= 0.6 is 0 Å². The van der Waals surface area contributed by atoms with Gasteiger partial charge in [0, 0.05) is 0 Å². The third kappa shape index (κ3) is 1.55. The molecule has 2 N–H and O–H groups in total. The predicted octanol–water partition coefficient (Wildman–Crippen LogP) is -0.756. The molecule has 1 rings (SSSR count). The summed E-state index contributed by atoms with van der Waals surface area (Å²) in [5.74, 6) is -0.429. The number of carbonyl (C=O) groups is 1. The molecule has 1 aromatic rings. The van der Waals surface area contributed by atoms with Crippen LogP contribution in [0, 0.1) is 0 Å². The van der Waals surface area contributed by atoms with Gasteiger partial charge in [0.25, 0.3) is 0 Å². The molecule has 4 nitrogen and oxygen atoms in total. The molecule has 0 aliphatic heterocycles. The topological polar surface area (TPSA) is 65.2 Å². The Morgan fingerprint density at radius 3 is 2.83 bits per heavy atom. The van der Waals surface area contributed by atoms with Gasteiger partial charge in [-0.25, -0.2) is 9.78 Å². The quantitative estimate of drug-likeness (QED) is 0.435. The van der Waals surface area contributed by atoms with Crippen LogP contribution in [0.5, 0.6) is 0 Å². The van der Waals surface area contributed by atoms with Crippen LogP contribution in [-0.2, 0) is 4.74 Å². The summed E-state index contributed by atoms with van der Waals surface area (Å²) in [6.07, 6.45) is 0. The SMILES string of the molecule is [B]c1ccc(C(=O)OC)c(N)n1. The van der Waals surface area contributed by atoms with Gasteiger partial charge < -0.3 is 10.5 Å². The van der Waals surface area contributed by atoms with E-state index < -0.39 is 5.97 Å². The minimum atomic E-state index is -0.514. The largest absolute Gasteiger partial charge is 0.465 e. The highest BCUT2D eigenvalue weighted by atomic mass is 16.5. The molecular formula is C7H7BN2O2. The van der Waals surface area contributed by atoms with E-state index >= 15 is 0 Å². The molecule has 0 saturated heterocycles. The molecule has 2 radical (unpaired) electrons. The summed E-state index contributed by atoms with van der Waals surface area (Å²) >= 11 is 0. The van der Waals surface area contributed by atoms with Crippen LogP contribution in [0.15, 0.2) is 12.1 Å². The van der Waals surface area contributed by atoms with Gasteiger partial charge in [0.15, 0.2) is 0 Å². The summed E-state index contributed by atoms with van der Waals surface area (Å²) in [4.78, 5) is 14.7. The number of pyridine rings is 1. The van der Waals surface area contributed by atoms with Crippen LogP contribution in [0.1, 0.15) is 10.4 Å². The van der Waals surface area contributed by atoms with Gasteiger partial charge in [-0.1, -0.05) is 6.07 Å². The van der Waals surface area contributed by atoms with Gasteiger partial charge in [-0.15, -0.1) is 0 Å². The number of rotatable bonds is 1. The van der Waals surface area contributed by atoms with Crippen molar-refractivity contribution in [3.05, 3.63) is 17.7 Å². The fraction of sp³-hybridized carbons (Fsp3) is 0.143. The van der Waals surface area contributed by atoms with E-state index in [-0.39, 0.29) is 17.0 Å². The van der Waals surface area contributed by atoms with E-state index in [1.807, 2.05) is 0 Å².